The molecule has 0 saturated heterocycles. The average molecular weight is 497 g/mol. The van der Waals surface area contributed by atoms with Gasteiger partial charge in [0.25, 0.3) is 0 Å². The molecule has 0 bridgehead atoms. The molecule has 1 fully saturated rings. The SMILES string of the molecule is CCC(C)c1ccc(OC(C)OCC2CCC(COC(C)Oc3ccc(C(C)CC)cc3)CC2)cc1. The highest BCUT2D eigenvalue weighted by molar-refractivity contribution is 5.30. The molecule has 0 amide bonds. The Labute approximate surface area is 219 Å². The van der Waals surface area contributed by atoms with Crippen LogP contribution in [0.2, 0.25) is 0 Å². The lowest BCUT2D eigenvalue weighted by Crippen LogP contribution is -2.27. The molecule has 1 aliphatic rings. The van der Waals surface area contributed by atoms with Crippen LogP contribution in [0.25, 0.3) is 0 Å². The molecule has 0 N–H and O–H groups in total. The highest BCUT2D eigenvalue weighted by atomic mass is 16.7. The molecular weight excluding hydrogens is 448 g/mol. The number of hydrogen-bond donors (Lipinski definition) is 0. The highest BCUT2D eigenvalue weighted by Gasteiger charge is 2.23. The van der Waals surface area contributed by atoms with Crippen LogP contribution < -0.4 is 9.47 Å². The monoisotopic (exact) mass is 496 g/mol. The van der Waals surface area contributed by atoms with Crippen molar-refractivity contribution >= 4 is 0 Å². The van der Waals surface area contributed by atoms with Gasteiger partial charge in [-0.05, 0) is 111 Å². The Hall–Kier alpha value is -2.04. The molecule has 4 heteroatoms. The fourth-order valence-corrected chi connectivity index (χ4v) is 4.78. The summed E-state index contributed by atoms with van der Waals surface area (Å²) >= 11 is 0. The molecule has 36 heavy (non-hydrogen) atoms. The van der Waals surface area contributed by atoms with E-state index in [-0.39, 0.29) is 12.6 Å². The van der Waals surface area contributed by atoms with Crippen LogP contribution in [-0.4, -0.2) is 25.8 Å². The minimum Gasteiger partial charge on any atom is -0.465 e. The number of rotatable bonds is 14. The van der Waals surface area contributed by atoms with E-state index in [0.29, 0.717) is 23.7 Å². The minimum absolute atomic E-state index is 0.238. The molecule has 2 aromatic rings. The van der Waals surface area contributed by atoms with Crippen molar-refractivity contribution in [3.63, 3.8) is 0 Å². The van der Waals surface area contributed by atoms with Gasteiger partial charge in [-0.25, -0.2) is 0 Å². The summed E-state index contributed by atoms with van der Waals surface area (Å²) in [5.74, 6) is 4.10. The van der Waals surface area contributed by atoms with Gasteiger partial charge in [0.2, 0.25) is 0 Å². The van der Waals surface area contributed by atoms with Crippen LogP contribution >= 0.6 is 0 Å². The maximum atomic E-state index is 6.04. The second kappa shape index (κ2) is 14.6. The zero-order valence-electron chi connectivity index (χ0n) is 23.4. The van der Waals surface area contributed by atoms with Gasteiger partial charge in [0, 0.05) is 0 Å². The number of hydrogen-bond acceptors (Lipinski definition) is 4. The first kappa shape index (κ1) is 28.5. The zero-order valence-corrected chi connectivity index (χ0v) is 23.4. The number of benzene rings is 2. The van der Waals surface area contributed by atoms with E-state index in [2.05, 4.69) is 76.2 Å². The Morgan fingerprint density at radius 2 is 0.917 bits per heavy atom. The maximum Gasteiger partial charge on any atom is 0.196 e. The van der Waals surface area contributed by atoms with Crippen LogP contribution in [0.1, 0.15) is 103 Å². The Kier molecular flexibility index (Phi) is 11.6. The zero-order chi connectivity index (χ0) is 25.9. The summed E-state index contributed by atoms with van der Waals surface area (Å²) in [7, 11) is 0. The molecular formula is C32H48O4. The highest BCUT2D eigenvalue weighted by Crippen LogP contribution is 2.30. The molecule has 0 heterocycles. The lowest BCUT2D eigenvalue weighted by molar-refractivity contribution is -0.0946. The van der Waals surface area contributed by atoms with Crippen LogP contribution in [0.15, 0.2) is 48.5 Å². The van der Waals surface area contributed by atoms with Gasteiger partial charge in [-0.3, -0.25) is 0 Å². The van der Waals surface area contributed by atoms with Crippen molar-refractivity contribution in [1.29, 1.82) is 0 Å². The van der Waals surface area contributed by atoms with Gasteiger partial charge in [0.05, 0.1) is 13.2 Å². The van der Waals surface area contributed by atoms with Crippen LogP contribution in [0, 0.1) is 11.8 Å². The normalized spacial score (nSPS) is 21.4. The van der Waals surface area contributed by atoms with E-state index < -0.39 is 0 Å². The van der Waals surface area contributed by atoms with Crippen LogP contribution in [0.5, 0.6) is 11.5 Å². The lowest BCUT2D eigenvalue weighted by atomic mass is 9.83. The van der Waals surface area contributed by atoms with Gasteiger partial charge in [-0.1, -0.05) is 52.0 Å². The third kappa shape index (κ3) is 9.12. The molecule has 4 nitrogen and oxygen atoms in total. The van der Waals surface area contributed by atoms with Gasteiger partial charge in [-0.15, -0.1) is 0 Å². The van der Waals surface area contributed by atoms with E-state index in [9.17, 15) is 0 Å². The van der Waals surface area contributed by atoms with E-state index in [1.54, 1.807) is 0 Å². The van der Waals surface area contributed by atoms with Crippen LogP contribution in [0.3, 0.4) is 0 Å². The van der Waals surface area contributed by atoms with Crippen molar-refractivity contribution in [3.05, 3.63) is 59.7 Å². The quantitative estimate of drug-likeness (QED) is 0.245. The van der Waals surface area contributed by atoms with E-state index in [1.165, 1.54) is 36.8 Å². The summed E-state index contributed by atoms with van der Waals surface area (Å²) in [6.45, 7) is 14.4. The van der Waals surface area contributed by atoms with Gasteiger partial charge >= 0.3 is 0 Å². The van der Waals surface area contributed by atoms with Crippen LogP contribution in [0.4, 0.5) is 0 Å². The predicted molar refractivity (Wildman–Crippen MR) is 148 cm³/mol. The summed E-state index contributed by atoms with van der Waals surface area (Å²) in [5.41, 5.74) is 2.71. The van der Waals surface area contributed by atoms with Gasteiger partial charge in [-0.2, -0.15) is 0 Å². The first-order valence-corrected chi connectivity index (χ1v) is 14.1. The predicted octanol–water partition coefficient (Wildman–Crippen LogP) is 8.70. The van der Waals surface area contributed by atoms with Crippen molar-refractivity contribution in [3.8, 4) is 11.5 Å². The molecule has 0 aliphatic heterocycles. The second-order valence-corrected chi connectivity index (χ2v) is 10.7. The van der Waals surface area contributed by atoms with Gasteiger partial charge < -0.3 is 18.9 Å². The average Bonchev–Trinajstić information content (AvgIpc) is 2.91. The molecule has 2 aromatic carbocycles. The van der Waals surface area contributed by atoms with E-state index in [0.717, 1.165) is 37.6 Å². The summed E-state index contributed by atoms with van der Waals surface area (Å²) in [6.07, 6.45) is 6.53. The fraction of sp³-hybridized carbons (Fsp3) is 0.625. The van der Waals surface area contributed by atoms with E-state index in [4.69, 9.17) is 18.9 Å². The molecule has 3 rings (SSSR count). The topological polar surface area (TPSA) is 36.9 Å². The van der Waals surface area contributed by atoms with Crippen LogP contribution in [-0.2, 0) is 9.47 Å². The smallest absolute Gasteiger partial charge is 0.196 e. The molecule has 0 aromatic heterocycles. The third-order valence-corrected chi connectivity index (χ3v) is 7.83. The molecule has 1 saturated carbocycles. The van der Waals surface area contributed by atoms with E-state index >= 15 is 0 Å². The summed E-state index contributed by atoms with van der Waals surface area (Å²) in [6, 6.07) is 16.9. The molecule has 4 atom stereocenters. The van der Waals surface area contributed by atoms with Crippen molar-refractivity contribution in [2.45, 2.75) is 104 Å². The Bertz CT molecular complexity index is 781. The Morgan fingerprint density at radius 1 is 0.583 bits per heavy atom. The maximum absolute atomic E-state index is 6.04. The van der Waals surface area contributed by atoms with Crippen molar-refractivity contribution < 1.29 is 18.9 Å². The Balaban J connectivity index is 1.29. The van der Waals surface area contributed by atoms with Gasteiger partial charge in [0.1, 0.15) is 11.5 Å². The fourth-order valence-electron chi connectivity index (χ4n) is 4.78. The van der Waals surface area contributed by atoms with Crippen molar-refractivity contribution in [2.75, 3.05) is 13.2 Å². The second-order valence-electron chi connectivity index (χ2n) is 10.7. The van der Waals surface area contributed by atoms with Crippen molar-refractivity contribution in [1.82, 2.24) is 0 Å². The third-order valence-electron chi connectivity index (χ3n) is 7.83. The standard InChI is InChI=1S/C32H48O4/c1-7-23(3)29-13-17-31(18-14-29)35-25(5)33-21-27-9-11-28(12-10-27)22-34-26(6)36-32-19-15-30(16-20-32)24(4)8-2/h13-20,23-28H,7-12,21-22H2,1-6H3. The largest absolute Gasteiger partial charge is 0.465 e. The summed E-state index contributed by atoms with van der Waals surface area (Å²) in [5, 5.41) is 0. The lowest BCUT2D eigenvalue weighted by Gasteiger charge is -2.29. The molecule has 1 aliphatic carbocycles. The van der Waals surface area contributed by atoms with Crippen molar-refractivity contribution in [2.24, 2.45) is 11.8 Å². The summed E-state index contributed by atoms with van der Waals surface area (Å²) in [4.78, 5) is 0. The van der Waals surface area contributed by atoms with Gasteiger partial charge in [0.15, 0.2) is 12.6 Å². The van der Waals surface area contributed by atoms with E-state index in [1.807, 2.05) is 13.8 Å². The first-order chi connectivity index (χ1) is 17.4. The first-order valence-electron chi connectivity index (χ1n) is 14.1. The number of ether oxygens (including phenoxy) is 4. The molecule has 0 radical (unpaired) electrons. The minimum atomic E-state index is -0.238. The summed E-state index contributed by atoms with van der Waals surface area (Å²) < 4.78 is 24.0. The molecule has 4 unspecified atom stereocenters. The Morgan fingerprint density at radius 3 is 1.22 bits per heavy atom. The molecule has 0 spiro atoms. The molecule has 200 valence electrons.